The summed E-state index contributed by atoms with van der Waals surface area (Å²) < 4.78 is 26.4. The Hall–Kier alpha value is -2.88. The van der Waals surface area contributed by atoms with Crippen LogP contribution in [0.4, 0.5) is 8.78 Å². The number of halogens is 2. The third-order valence-corrected chi connectivity index (χ3v) is 7.85. The molecule has 0 bridgehead atoms. The van der Waals surface area contributed by atoms with E-state index in [2.05, 4.69) is 33.0 Å². The highest BCUT2D eigenvalue weighted by Gasteiger charge is 2.54. The van der Waals surface area contributed by atoms with Gasteiger partial charge in [0.15, 0.2) is 5.78 Å². The maximum absolute atomic E-state index is 13.2. The van der Waals surface area contributed by atoms with Gasteiger partial charge in [0.05, 0.1) is 12.0 Å². The van der Waals surface area contributed by atoms with Crippen LogP contribution < -0.4 is 5.32 Å². The molecular weight excluding hydrogens is 486 g/mol. The Bertz CT molecular complexity index is 1030. The zero-order valence-electron chi connectivity index (χ0n) is 24.0. The maximum Gasteiger partial charge on any atom is 0.223 e. The Kier molecular flexibility index (Phi) is 13.5. The van der Waals surface area contributed by atoms with Crippen LogP contribution in [0.1, 0.15) is 91.7 Å². The van der Waals surface area contributed by atoms with Gasteiger partial charge in [0.1, 0.15) is 17.9 Å². The number of carbonyl (C=O) groups is 3. The van der Waals surface area contributed by atoms with Crippen molar-refractivity contribution in [1.29, 1.82) is 5.26 Å². The van der Waals surface area contributed by atoms with E-state index in [-0.39, 0.29) is 47.5 Å². The molecule has 4 atom stereocenters. The molecule has 4 unspecified atom stereocenters. The van der Waals surface area contributed by atoms with E-state index in [0.29, 0.717) is 24.0 Å². The number of rotatable bonds is 7. The molecule has 210 valence electrons. The van der Waals surface area contributed by atoms with Crippen molar-refractivity contribution in [2.45, 2.75) is 87.0 Å². The van der Waals surface area contributed by atoms with E-state index in [1.807, 2.05) is 19.9 Å². The van der Waals surface area contributed by atoms with Crippen molar-refractivity contribution in [3.8, 4) is 6.07 Å². The number of hydrogen-bond donors (Lipinski definition) is 1. The fraction of sp³-hybridized carbons (Fsp3) is 0.613. The second-order valence-corrected chi connectivity index (χ2v) is 10.4. The van der Waals surface area contributed by atoms with Crippen LogP contribution in [0.3, 0.4) is 0 Å². The summed E-state index contributed by atoms with van der Waals surface area (Å²) in [4.78, 5) is 32.3. The normalized spacial score (nSPS) is 22.4. The summed E-state index contributed by atoms with van der Waals surface area (Å²) in [5.74, 6) is 0.652. The summed E-state index contributed by atoms with van der Waals surface area (Å²) in [5.41, 5.74) is 1.65. The number of nitriles is 1. The van der Waals surface area contributed by atoms with Gasteiger partial charge in [0, 0.05) is 42.0 Å². The van der Waals surface area contributed by atoms with Crippen LogP contribution in [-0.2, 0) is 20.8 Å². The number of aldehydes is 1. The van der Waals surface area contributed by atoms with Gasteiger partial charge in [-0.2, -0.15) is 5.26 Å². The first kappa shape index (κ1) is 33.1. The molecule has 1 saturated carbocycles. The number of fused-ring (bicyclic) bond motifs is 1. The van der Waals surface area contributed by atoms with E-state index in [9.17, 15) is 23.2 Å². The van der Waals surface area contributed by atoms with Crippen LogP contribution in [0.25, 0.3) is 6.08 Å². The van der Waals surface area contributed by atoms with Gasteiger partial charge >= 0.3 is 0 Å². The van der Waals surface area contributed by atoms with E-state index < -0.39 is 11.6 Å². The fourth-order valence-electron chi connectivity index (χ4n) is 5.60. The molecular formula is C31H44F2N2O3. The number of amides is 1. The maximum atomic E-state index is 13.2. The van der Waals surface area contributed by atoms with Crippen molar-refractivity contribution < 1.29 is 23.2 Å². The minimum Gasteiger partial charge on any atom is -0.356 e. The highest BCUT2D eigenvalue weighted by molar-refractivity contribution is 6.00. The van der Waals surface area contributed by atoms with Crippen LogP contribution in [0.5, 0.6) is 0 Å². The highest BCUT2D eigenvalue weighted by atomic mass is 19.1. The molecule has 1 aliphatic heterocycles. The predicted molar refractivity (Wildman–Crippen MR) is 147 cm³/mol. The molecule has 5 nitrogen and oxygen atoms in total. The largest absolute Gasteiger partial charge is 0.356 e. The van der Waals surface area contributed by atoms with Crippen LogP contribution in [0.2, 0.25) is 0 Å². The molecule has 0 spiro atoms. The second-order valence-electron chi connectivity index (χ2n) is 10.4. The zero-order chi connectivity index (χ0) is 29.0. The quantitative estimate of drug-likeness (QED) is 0.391. The van der Waals surface area contributed by atoms with Crippen LogP contribution in [-0.4, -0.2) is 24.5 Å². The lowest BCUT2D eigenvalue weighted by molar-refractivity contribution is -0.123. The number of allylic oxidation sites excluding steroid dienone is 1. The van der Waals surface area contributed by atoms with Crippen LogP contribution >= 0.6 is 0 Å². The molecule has 1 heterocycles. The number of benzene rings is 1. The van der Waals surface area contributed by atoms with E-state index in [4.69, 9.17) is 5.26 Å². The Labute approximate surface area is 227 Å². The first-order chi connectivity index (χ1) is 18.0. The smallest absolute Gasteiger partial charge is 0.223 e. The summed E-state index contributed by atoms with van der Waals surface area (Å²) >= 11 is 0. The first-order valence-corrected chi connectivity index (χ1v) is 13.8. The monoisotopic (exact) mass is 530 g/mol. The predicted octanol–water partition coefficient (Wildman–Crippen LogP) is 6.84. The molecule has 1 aromatic rings. The second kappa shape index (κ2) is 15.5. The minimum atomic E-state index is -0.474. The van der Waals surface area contributed by atoms with Crippen molar-refractivity contribution >= 4 is 24.1 Å². The highest BCUT2D eigenvalue weighted by Crippen LogP contribution is 2.61. The van der Waals surface area contributed by atoms with E-state index in [0.717, 1.165) is 36.7 Å². The van der Waals surface area contributed by atoms with Gasteiger partial charge in [-0.3, -0.25) is 9.59 Å². The average molecular weight is 531 g/mol. The molecule has 0 radical (unpaired) electrons. The molecule has 1 N–H and O–H groups in total. The summed E-state index contributed by atoms with van der Waals surface area (Å²) in [5, 5.41) is 11.4. The fourth-order valence-corrected chi connectivity index (χ4v) is 5.60. The molecule has 1 amide bonds. The molecule has 1 saturated heterocycles. The molecule has 4 rings (SSSR count). The van der Waals surface area contributed by atoms with Crippen molar-refractivity contribution in [3.63, 3.8) is 0 Å². The lowest BCUT2D eigenvalue weighted by atomic mass is 9.92. The van der Waals surface area contributed by atoms with Gasteiger partial charge in [0.25, 0.3) is 0 Å². The lowest BCUT2D eigenvalue weighted by Crippen LogP contribution is -2.20. The van der Waals surface area contributed by atoms with Crippen molar-refractivity contribution in [2.24, 2.45) is 29.1 Å². The average Bonchev–Trinajstić information content (AvgIpc) is 3.25. The number of carbonyl (C=O) groups excluding carboxylic acids is 3. The van der Waals surface area contributed by atoms with E-state index >= 15 is 0 Å². The molecule has 7 heteroatoms. The lowest BCUT2D eigenvalue weighted by Gasteiger charge is -2.08. The van der Waals surface area contributed by atoms with Gasteiger partial charge in [-0.05, 0) is 55.2 Å². The first-order valence-electron chi connectivity index (χ1n) is 13.8. The summed E-state index contributed by atoms with van der Waals surface area (Å²) in [6, 6.07) is 4.20. The van der Waals surface area contributed by atoms with Gasteiger partial charge in [-0.1, -0.05) is 54.4 Å². The Morgan fingerprint density at radius 2 is 1.76 bits per heavy atom. The molecule has 3 aliphatic rings. The van der Waals surface area contributed by atoms with Gasteiger partial charge < -0.3 is 10.1 Å². The number of nitrogens with one attached hydrogen (secondary N) is 1. The summed E-state index contributed by atoms with van der Waals surface area (Å²) in [7, 11) is 0. The molecule has 2 fully saturated rings. The van der Waals surface area contributed by atoms with Crippen LogP contribution in [0, 0.1) is 52.1 Å². The summed E-state index contributed by atoms with van der Waals surface area (Å²) in [6.07, 6.45) is 6.67. The number of Topliss-reactive ketones (excluding diaryl/α,β-unsaturated/α-hetero) is 1. The Balaban J connectivity index is 0.000000282. The number of ketones is 1. The zero-order valence-corrected chi connectivity index (χ0v) is 24.0. The van der Waals surface area contributed by atoms with Crippen LogP contribution in [0.15, 0.2) is 17.7 Å². The van der Waals surface area contributed by atoms with Gasteiger partial charge in [-0.15, -0.1) is 0 Å². The van der Waals surface area contributed by atoms with E-state index in [1.165, 1.54) is 25.8 Å². The Morgan fingerprint density at radius 3 is 2.16 bits per heavy atom. The number of nitrogens with zero attached hydrogens (tertiary/aromatic N) is 1. The SMILES string of the molecule is CC.CC(=O)C1=Cc2c(F)ccc(F)c2C1.CCC1C(CC)C1(C)C.N#CC(CC=O)CC1CCNC1=O. The van der Waals surface area contributed by atoms with Crippen molar-refractivity contribution in [2.75, 3.05) is 6.54 Å². The molecule has 2 aliphatic carbocycles. The van der Waals surface area contributed by atoms with E-state index in [1.54, 1.807) is 0 Å². The topological polar surface area (TPSA) is 87.0 Å². The molecule has 38 heavy (non-hydrogen) atoms. The third-order valence-electron chi connectivity index (χ3n) is 7.85. The van der Waals surface area contributed by atoms with Gasteiger partial charge in [-0.25, -0.2) is 8.78 Å². The Morgan fingerprint density at radius 1 is 1.18 bits per heavy atom. The standard InChI is InChI=1S/C11H8F2O.C9H12N2O2.C9H18.C2H6/c1-6(14)7-4-8-9(5-7)11(13)3-2-10(8)12;10-6-7(2-4-12)5-8-1-3-11-9(8)13;1-5-7-8(6-2)9(7,3)4;1-2/h2-4H,5H2,1H3;4,7-8H,1-3,5H2,(H,11,13);7-8H,5-6H2,1-4H3;1-2H3. The van der Waals surface area contributed by atoms with Crippen molar-refractivity contribution in [3.05, 3.63) is 40.5 Å². The summed E-state index contributed by atoms with van der Waals surface area (Å²) in [6.45, 7) is 15.5. The number of hydrogen-bond acceptors (Lipinski definition) is 4. The molecule has 0 aromatic heterocycles. The van der Waals surface area contributed by atoms with Crippen molar-refractivity contribution in [1.82, 2.24) is 5.32 Å². The molecule has 1 aromatic carbocycles. The van der Waals surface area contributed by atoms with Gasteiger partial charge in [0.2, 0.25) is 5.91 Å². The minimum absolute atomic E-state index is 0.0196. The third kappa shape index (κ3) is 8.58.